The average Bonchev–Trinajstić information content (AvgIpc) is 2.36. The summed E-state index contributed by atoms with van der Waals surface area (Å²) >= 11 is 0. The summed E-state index contributed by atoms with van der Waals surface area (Å²) in [6, 6.07) is 7.11. The third-order valence-electron chi connectivity index (χ3n) is 2.38. The number of ether oxygens (including phenoxy) is 2. The van der Waals surface area contributed by atoms with E-state index in [1.54, 1.807) is 25.3 Å². The predicted molar refractivity (Wildman–Crippen MR) is 74.4 cm³/mol. The molecule has 0 heterocycles. The molecule has 0 atom stereocenters. The molecule has 1 rings (SSSR count). The fourth-order valence-electron chi connectivity index (χ4n) is 1.42. The van der Waals surface area contributed by atoms with E-state index in [-0.39, 0.29) is 5.91 Å². The SMILES string of the molecule is COCCOc1ccccc1C(=O)NCC(C)(C)N. The number of methoxy groups -OCH3 is 1. The van der Waals surface area contributed by atoms with Crippen molar-refractivity contribution in [3.63, 3.8) is 0 Å². The molecule has 0 aliphatic heterocycles. The quantitative estimate of drug-likeness (QED) is 0.727. The number of hydrogen-bond donors (Lipinski definition) is 2. The van der Waals surface area contributed by atoms with E-state index in [0.717, 1.165) is 0 Å². The monoisotopic (exact) mass is 266 g/mol. The maximum absolute atomic E-state index is 12.1. The van der Waals surface area contributed by atoms with Gasteiger partial charge < -0.3 is 20.5 Å². The van der Waals surface area contributed by atoms with Crippen molar-refractivity contribution in [3.8, 4) is 5.75 Å². The van der Waals surface area contributed by atoms with Gasteiger partial charge in [0.15, 0.2) is 0 Å². The van der Waals surface area contributed by atoms with E-state index in [4.69, 9.17) is 15.2 Å². The normalized spacial score (nSPS) is 11.2. The number of rotatable bonds is 7. The van der Waals surface area contributed by atoms with Crippen LogP contribution in [0.25, 0.3) is 0 Å². The Bertz CT molecular complexity index is 413. The molecule has 19 heavy (non-hydrogen) atoms. The highest BCUT2D eigenvalue weighted by atomic mass is 16.5. The van der Waals surface area contributed by atoms with Gasteiger partial charge in [-0.05, 0) is 26.0 Å². The zero-order chi connectivity index (χ0) is 14.3. The molecule has 1 amide bonds. The van der Waals surface area contributed by atoms with Gasteiger partial charge in [-0.1, -0.05) is 12.1 Å². The third kappa shape index (κ3) is 5.72. The number of nitrogens with two attached hydrogens (primary N) is 1. The summed E-state index contributed by atoms with van der Waals surface area (Å²) in [5, 5.41) is 2.79. The fourth-order valence-corrected chi connectivity index (χ4v) is 1.42. The molecule has 0 unspecified atom stereocenters. The van der Waals surface area contributed by atoms with Crippen LogP contribution in [0.2, 0.25) is 0 Å². The third-order valence-corrected chi connectivity index (χ3v) is 2.38. The van der Waals surface area contributed by atoms with Crippen LogP contribution in [0.15, 0.2) is 24.3 Å². The first kappa shape index (κ1) is 15.5. The predicted octanol–water partition coefficient (Wildman–Crippen LogP) is 1.18. The molecule has 0 radical (unpaired) electrons. The molecule has 0 saturated carbocycles. The van der Waals surface area contributed by atoms with E-state index in [1.165, 1.54) is 0 Å². The smallest absolute Gasteiger partial charge is 0.255 e. The lowest BCUT2D eigenvalue weighted by Gasteiger charge is -2.19. The molecule has 1 aromatic carbocycles. The van der Waals surface area contributed by atoms with Crippen molar-refractivity contribution in [3.05, 3.63) is 29.8 Å². The summed E-state index contributed by atoms with van der Waals surface area (Å²) in [4.78, 5) is 12.1. The van der Waals surface area contributed by atoms with E-state index >= 15 is 0 Å². The Kier molecular flexibility index (Phi) is 5.79. The highest BCUT2D eigenvalue weighted by Crippen LogP contribution is 2.17. The van der Waals surface area contributed by atoms with Crippen molar-refractivity contribution in [1.82, 2.24) is 5.32 Å². The summed E-state index contributed by atoms with van der Waals surface area (Å²) in [6.07, 6.45) is 0. The summed E-state index contributed by atoms with van der Waals surface area (Å²) in [5.74, 6) is 0.360. The number of benzene rings is 1. The molecule has 0 bridgehead atoms. The lowest BCUT2D eigenvalue weighted by molar-refractivity contribution is 0.0938. The Morgan fingerprint density at radius 1 is 1.32 bits per heavy atom. The van der Waals surface area contributed by atoms with Crippen LogP contribution in [0.3, 0.4) is 0 Å². The van der Waals surface area contributed by atoms with Gasteiger partial charge in [0.25, 0.3) is 5.91 Å². The average molecular weight is 266 g/mol. The molecule has 0 aliphatic carbocycles. The minimum absolute atomic E-state index is 0.188. The second kappa shape index (κ2) is 7.11. The van der Waals surface area contributed by atoms with E-state index < -0.39 is 5.54 Å². The summed E-state index contributed by atoms with van der Waals surface area (Å²) < 4.78 is 10.4. The molecule has 0 spiro atoms. The van der Waals surface area contributed by atoms with Gasteiger partial charge in [-0.25, -0.2) is 0 Å². The van der Waals surface area contributed by atoms with Crippen LogP contribution in [-0.4, -0.2) is 38.3 Å². The molecule has 0 saturated heterocycles. The first-order valence-electron chi connectivity index (χ1n) is 6.22. The minimum atomic E-state index is -0.443. The number of hydrogen-bond acceptors (Lipinski definition) is 4. The van der Waals surface area contributed by atoms with Gasteiger partial charge in [-0.2, -0.15) is 0 Å². The zero-order valence-electron chi connectivity index (χ0n) is 11.7. The molecule has 1 aromatic rings. The maximum Gasteiger partial charge on any atom is 0.255 e. The zero-order valence-corrected chi connectivity index (χ0v) is 11.7. The number of para-hydroxylation sites is 1. The van der Waals surface area contributed by atoms with Crippen molar-refractivity contribution in [1.29, 1.82) is 0 Å². The van der Waals surface area contributed by atoms with Gasteiger partial charge in [0.1, 0.15) is 12.4 Å². The van der Waals surface area contributed by atoms with Gasteiger partial charge in [0.2, 0.25) is 0 Å². The van der Waals surface area contributed by atoms with Gasteiger partial charge in [0, 0.05) is 19.2 Å². The van der Waals surface area contributed by atoms with Crippen molar-refractivity contribution in [2.45, 2.75) is 19.4 Å². The summed E-state index contributed by atoms with van der Waals surface area (Å²) in [6.45, 7) is 5.00. The van der Waals surface area contributed by atoms with Gasteiger partial charge in [0.05, 0.1) is 12.2 Å². The molecule has 0 aromatic heterocycles. The molecule has 0 aliphatic rings. The van der Waals surface area contributed by atoms with Gasteiger partial charge >= 0.3 is 0 Å². The van der Waals surface area contributed by atoms with Crippen LogP contribution in [0, 0.1) is 0 Å². The highest BCUT2D eigenvalue weighted by molar-refractivity contribution is 5.96. The first-order valence-corrected chi connectivity index (χ1v) is 6.22. The topological polar surface area (TPSA) is 73.6 Å². The number of carbonyl (C=O) groups is 1. The van der Waals surface area contributed by atoms with E-state index in [2.05, 4.69) is 5.32 Å². The Balaban J connectivity index is 2.68. The molecular formula is C14H22N2O3. The van der Waals surface area contributed by atoms with E-state index in [0.29, 0.717) is 31.1 Å². The minimum Gasteiger partial charge on any atom is -0.490 e. The maximum atomic E-state index is 12.1. The Morgan fingerprint density at radius 2 is 2.00 bits per heavy atom. The Morgan fingerprint density at radius 3 is 2.63 bits per heavy atom. The van der Waals surface area contributed by atoms with Crippen molar-refractivity contribution >= 4 is 5.91 Å². The van der Waals surface area contributed by atoms with Crippen LogP contribution < -0.4 is 15.8 Å². The first-order chi connectivity index (χ1) is 8.94. The summed E-state index contributed by atoms with van der Waals surface area (Å²) in [7, 11) is 1.60. The standard InChI is InChI=1S/C14H22N2O3/c1-14(2,15)10-16-13(17)11-6-4-5-7-12(11)19-9-8-18-3/h4-7H,8-10,15H2,1-3H3,(H,16,17). The molecule has 5 nitrogen and oxygen atoms in total. The molecule has 0 fully saturated rings. The largest absolute Gasteiger partial charge is 0.490 e. The van der Waals surface area contributed by atoms with Crippen LogP contribution in [-0.2, 0) is 4.74 Å². The van der Waals surface area contributed by atoms with Gasteiger partial charge in [-0.3, -0.25) is 4.79 Å². The molecule has 5 heteroatoms. The Labute approximate surface area is 114 Å². The molecular weight excluding hydrogens is 244 g/mol. The number of amides is 1. The molecule has 3 N–H and O–H groups in total. The lowest BCUT2D eigenvalue weighted by atomic mass is 10.1. The van der Waals surface area contributed by atoms with E-state index in [1.807, 2.05) is 19.9 Å². The second-order valence-corrected chi connectivity index (χ2v) is 5.01. The van der Waals surface area contributed by atoms with Crippen molar-refractivity contribution in [2.75, 3.05) is 26.9 Å². The summed E-state index contributed by atoms with van der Waals surface area (Å²) in [5.41, 5.74) is 5.90. The van der Waals surface area contributed by atoms with Crippen LogP contribution in [0.1, 0.15) is 24.2 Å². The van der Waals surface area contributed by atoms with Crippen LogP contribution in [0.4, 0.5) is 0 Å². The fraction of sp³-hybridized carbons (Fsp3) is 0.500. The van der Waals surface area contributed by atoms with Gasteiger partial charge in [-0.15, -0.1) is 0 Å². The van der Waals surface area contributed by atoms with E-state index in [9.17, 15) is 4.79 Å². The second-order valence-electron chi connectivity index (χ2n) is 5.01. The van der Waals surface area contributed by atoms with Crippen LogP contribution in [0.5, 0.6) is 5.75 Å². The Hall–Kier alpha value is -1.59. The van der Waals surface area contributed by atoms with Crippen molar-refractivity contribution < 1.29 is 14.3 Å². The molecule has 106 valence electrons. The number of carbonyl (C=O) groups excluding carboxylic acids is 1. The number of nitrogens with one attached hydrogen (secondary N) is 1. The lowest BCUT2D eigenvalue weighted by Crippen LogP contribution is -2.45. The highest BCUT2D eigenvalue weighted by Gasteiger charge is 2.16. The van der Waals surface area contributed by atoms with Crippen molar-refractivity contribution in [2.24, 2.45) is 5.73 Å². The van der Waals surface area contributed by atoms with Crippen LogP contribution >= 0.6 is 0 Å².